The van der Waals surface area contributed by atoms with Gasteiger partial charge in [-0.3, -0.25) is 14.2 Å². The molecule has 1 N–H and O–H groups in total. The molecule has 0 fully saturated rings. The summed E-state index contributed by atoms with van der Waals surface area (Å²) >= 11 is 0. The number of aryl methyl sites for hydroxylation is 2. The Balaban J connectivity index is 1.73. The van der Waals surface area contributed by atoms with Crippen LogP contribution < -0.4 is 5.32 Å². The molecule has 0 bridgehead atoms. The number of carbonyl (C=O) groups excluding carboxylic acids is 1. The van der Waals surface area contributed by atoms with Gasteiger partial charge in [0.2, 0.25) is 0 Å². The van der Waals surface area contributed by atoms with Crippen molar-refractivity contribution in [2.45, 2.75) is 26.6 Å². The van der Waals surface area contributed by atoms with Crippen molar-refractivity contribution in [1.29, 1.82) is 0 Å². The molecule has 0 aliphatic heterocycles. The fraction of sp³-hybridized carbons (Fsp3) is 0.278. The van der Waals surface area contributed by atoms with Crippen LogP contribution in [0.5, 0.6) is 0 Å². The fourth-order valence-corrected chi connectivity index (χ4v) is 2.84. The number of rotatable bonds is 4. The molecule has 2 heterocycles. The lowest BCUT2D eigenvalue weighted by molar-refractivity contribution is -0.137. The van der Waals surface area contributed by atoms with Crippen LogP contribution in [-0.2, 0) is 19.8 Å². The summed E-state index contributed by atoms with van der Waals surface area (Å²) in [7, 11) is 1.76. The molecule has 3 aromatic rings. The smallest absolute Gasteiger partial charge is 0.319 e. The Bertz CT molecular complexity index is 987. The molecule has 142 valence electrons. The van der Waals surface area contributed by atoms with Gasteiger partial charge in [0, 0.05) is 18.9 Å². The van der Waals surface area contributed by atoms with Gasteiger partial charge in [-0.05, 0) is 31.5 Å². The Morgan fingerprint density at radius 1 is 1.26 bits per heavy atom. The van der Waals surface area contributed by atoms with Gasteiger partial charge in [0.05, 0.1) is 35.2 Å². The summed E-state index contributed by atoms with van der Waals surface area (Å²) in [5.74, 6) is -0.309. The van der Waals surface area contributed by atoms with Crippen LogP contribution in [0.4, 0.5) is 18.9 Å². The van der Waals surface area contributed by atoms with E-state index < -0.39 is 11.7 Å². The zero-order chi connectivity index (χ0) is 19.8. The molecule has 0 atom stereocenters. The Hall–Kier alpha value is -3.10. The van der Waals surface area contributed by atoms with Crippen molar-refractivity contribution in [3.8, 4) is 0 Å². The zero-order valence-electron chi connectivity index (χ0n) is 15.0. The predicted octanol–water partition coefficient (Wildman–Crippen LogP) is 3.55. The van der Waals surface area contributed by atoms with E-state index in [-0.39, 0.29) is 12.5 Å². The third-order valence-corrected chi connectivity index (χ3v) is 4.23. The van der Waals surface area contributed by atoms with E-state index in [4.69, 9.17) is 0 Å². The second-order valence-electron chi connectivity index (χ2n) is 6.25. The van der Waals surface area contributed by atoms with Gasteiger partial charge in [-0.2, -0.15) is 23.4 Å². The van der Waals surface area contributed by atoms with Crippen molar-refractivity contribution in [3.63, 3.8) is 0 Å². The number of anilines is 1. The first-order chi connectivity index (χ1) is 12.6. The lowest BCUT2D eigenvalue weighted by Crippen LogP contribution is -2.13. The maximum atomic E-state index is 12.8. The normalized spacial score (nSPS) is 11.6. The van der Waals surface area contributed by atoms with E-state index in [2.05, 4.69) is 15.5 Å². The Kier molecular flexibility index (Phi) is 4.77. The number of halogens is 3. The van der Waals surface area contributed by atoms with Gasteiger partial charge >= 0.3 is 6.18 Å². The summed E-state index contributed by atoms with van der Waals surface area (Å²) in [5.41, 5.74) is 2.05. The average molecular weight is 377 g/mol. The number of aromatic nitrogens is 4. The molecule has 0 spiro atoms. The summed E-state index contributed by atoms with van der Waals surface area (Å²) in [4.78, 5) is 12.5. The number of carbonyl (C=O) groups is 1. The number of amides is 1. The second-order valence-corrected chi connectivity index (χ2v) is 6.25. The molecular weight excluding hydrogens is 359 g/mol. The molecule has 1 amide bonds. The molecule has 0 aliphatic carbocycles. The molecule has 0 unspecified atom stereocenters. The first-order valence-electron chi connectivity index (χ1n) is 8.15. The van der Waals surface area contributed by atoms with Gasteiger partial charge in [0.1, 0.15) is 0 Å². The lowest BCUT2D eigenvalue weighted by atomic mass is 10.1. The van der Waals surface area contributed by atoms with Gasteiger partial charge in [-0.25, -0.2) is 0 Å². The van der Waals surface area contributed by atoms with Crippen molar-refractivity contribution in [3.05, 3.63) is 64.7 Å². The molecule has 0 saturated carbocycles. The van der Waals surface area contributed by atoms with Gasteiger partial charge in [0.15, 0.2) is 0 Å². The summed E-state index contributed by atoms with van der Waals surface area (Å²) in [6, 6.07) is 5.06. The largest absolute Gasteiger partial charge is 0.416 e. The highest BCUT2D eigenvalue weighted by molar-refractivity contribution is 6.05. The van der Waals surface area contributed by atoms with E-state index >= 15 is 0 Å². The first-order valence-corrected chi connectivity index (χ1v) is 8.15. The maximum absolute atomic E-state index is 12.8. The van der Waals surface area contributed by atoms with Crippen LogP contribution >= 0.6 is 0 Å². The van der Waals surface area contributed by atoms with E-state index in [1.165, 1.54) is 16.9 Å². The minimum atomic E-state index is -4.39. The van der Waals surface area contributed by atoms with Gasteiger partial charge < -0.3 is 5.32 Å². The topological polar surface area (TPSA) is 64.7 Å². The number of hydrogen-bond donors (Lipinski definition) is 1. The molecule has 3 rings (SSSR count). The third kappa shape index (κ3) is 4.02. The quantitative estimate of drug-likeness (QED) is 0.756. The SMILES string of the molecule is Cc1nn(C)c(C)c1C(=O)Nc1cnn(Cc2cccc(C(F)(F)F)c2)c1. The second kappa shape index (κ2) is 6.90. The van der Waals surface area contributed by atoms with Gasteiger partial charge in [-0.1, -0.05) is 12.1 Å². The highest BCUT2D eigenvalue weighted by Gasteiger charge is 2.30. The number of alkyl halides is 3. The van der Waals surface area contributed by atoms with Crippen molar-refractivity contribution in [1.82, 2.24) is 19.6 Å². The number of benzene rings is 1. The van der Waals surface area contributed by atoms with Crippen LogP contribution in [0.1, 0.15) is 32.9 Å². The number of nitrogens with zero attached hydrogens (tertiary/aromatic N) is 4. The molecular formula is C18H18F3N5O. The standard InChI is InChI=1S/C18H18F3N5O/c1-11-16(12(2)25(3)24-11)17(27)23-15-8-22-26(10-15)9-13-5-4-6-14(7-13)18(19,20)21/h4-8,10H,9H2,1-3H3,(H,23,27). The summed E-state index contributed by atoms with van der Waals surface area (Å²) in [6.45, 7) is 3.70. The molecule has 6 nitrogen and oxygen atoms in total. The Morgan fingerprint density at radius 3 is 2.63 bits per heavy atom. The monoisotopic (exact) mass is 377 g/mol. The first kappa shape index (κ1) is 18.7. The summed E-state index contributed by atoms with van der Waals surface area (Å²) in [5, 5.41) is 11.0. The van der Waals surface area contributed by atoms with Crippen molar-refractivity contribution < 1.29 is 18.0 Å². The highest BCUT2D eigenvalue weighted by atomic mass is 19.4. The maximum Gasteiger partial charge on any atom is 0.416 e. The minimum Gasteiger partial charge on any atom is -0.319 e. The van der Waals surface area contributed by atoms with E-state index in [0.717, 1.165) is 17.8 Å². The average Bonchev–Trinajstić information content (AvgIpc) is 3.11. The lowest BCUT2D eigenvalue weighted by Gasteiger charge is -2.08. The van der Waals surface area contributed by atoms with E-state index in [9.17, 15) is 18.0 Å². The molecule has 27 heavy (non-hydrogen) atoms. The zero-order valence-corrected chi connectivity index (χ0v) is 15.0. The summed E-state index contributed by atoms with van der Waals surface area (Å²) < 4.78 is 41.5. The van der Waals surface area contributed by atoms with Crippen LogP contribution in [0.3, 0.4) is 0 Å². The molecule has 9 heteroatoms. The molecule has 0 saturated heterocycles. The third-order valence-electron chi connectivity index (χ3n) is 4.23. The predicted molar refractivity (Wildman–Crippen MR) is 93.4 cm³/mol. The van der Waals surface area contributed by atoms with Crippen molar-refractivity contribution in [2.75, 3.05) is 5.32 Å². The van der Waals surface area contributed by atoms with E-state index in [0.29, 0.717) is 22.5 Å². The van der Waals surface area contributed by atoms with Crippen LogP contribution in [0, 0.1) is 13.8 Å². The molecule has 1 aromatic carbocycles. The van der Waals surface area contributed by atoms with Crippen LogP contribution in [0.15, 0.2) is 36.7 Å². The van der Waals surface area contributed by atoms with Crippen molar-refractivity contribution >= 4 is 11.6 Å². The number of nitrogens with one attached hydrogen (secondary N) is 1. The van der Waals surface area contributed by atoms with Crippen molar-refractivity contribution in [2.24, 2.45) is 7.05 Å². The van der Waals surface area contributed by atoms with Crippen LogP contribution in [0.2, 0.25) is 0 Å². The molecule has 0 radical (unpaired) electrons. The van der Waals surface area contributed by atoms with Crippen LogP contribution in [0.25, 0.3) is 0 Å². The highest BCUT2D eigenvalue weighted by Crippen LogP contribution is 2.29. The van der Waals surface area contributed by atoms with E-state index in [1.807, 2.05) is 0 Å². The molecule has 2 aromatic heterocycles. The van der Waals surface area contributed by atoms with Gasteiger partial charge in [-0.15, -0.1) is 0 Å². The fourth-order valence-electron chi connectivity index (χ4n) is 2.84. The Labute approximate surface area is 153 Å². The summed E-state index contributed by atoms with van der Waals surface area (Å²) in [6.07, 6.45) is -1.37. The Morgan fingerprint density at radius 2 is 2.00 bits per heavy atom. The minimum absolute atomic E-state index is 0.157. The van der Waals surface area contributed by atoms with E-state index in [1.54, 1.807) is 37.8 Å². The van der Waals surface area contributed by atoms with Crippen LogP contribution in [-0.4, -0.2) is 25.5 Å². The number of hydrogen-bond acceptors (Lipinski definition) is 3. The molecule has 0 aliphatic rings. The van der Waals surface area contributed by atoms with Gasteiger partial charge in [0.25, 0.3) is 5.91 Å².